The summed E-state index contributed by atoms with van der Waals surface area (Å²) in [5, 5.41) is 4.65. The number of rotatable bonds is 2. The molecule has 0 unspecified atom stereocenters. The normalized spacial score (nSPS) is 11.1. The molecule has 0 aliphatic carbocycles. The zero-order chi connectivity index (χ0) is 10.1. The first kappa shape index (κ1) is 10.2. The predicted molar refractivity (Wildman–Crippen MR) is 65.3 cm³/mol. The highest BCUT2D eigenvalue weighted by Gasteiger charge is 2.10. The minimum atomic E-state index is 0.525. The fourth-order valence-electron chi connectivity index (χ4n) is 1.52. The van der Waals surface area contributed by atoms with Crippen molar-refractivity contribution in [3.8, 4) is 0 Å². The molecular weight excluding hydrogens is 312 g/mol. The molecule has 0 N–H and O–H groups in total. The lowest BCUT2D eigenvalue weighted by Gasteiger charge is -1.96. The maximum atomic E-state index is 6.00. The van der Waals surface area contributed by atoms with Crippen LogP contribution in [-0.2, 0) is 6.42 Å². The molecule has 2 aromatic heterocycles. The maximum Gasteiger partial charge on any atom is 0.156 e. The fourth-order valence-corrected chi connectivity index (χ4v) is 2.37. The number of aryl methyl sites for hydroxylation is 2. The lowest BCUT2D eigenvalue weighted by atomic mass is 10.1. The SMILES string of the molecule is Cc1c(CCI)cn2ncnc(Cl)c12. The van der Waals surface area contributed by atoms with Gasteiger partial charge in [-0.05, 0) is 24.5 Å². The Bertz CT molecular complexity index is 466. The van der Waals surface area contributed by atoms with Crippen LogP contribution in [0.2, 0.25) is 5.15 Å². The Hall–Kier alpha value is -0.360. The van der Waals surface area contributed by atoms with Gasteiger partial charge in [0.05, 0.1) is 0 Å². The van der Waals surface area contributed by atoms with Gasteiger partial charge in [0.2, 0.25) is 0 Å². The number of alkyl halides is 1. The van der Waals surface area contributed by atoms with Crippen LogP contribution in [0.3, 0.4) is 0 Å². The fraction of sp³-hybridized carbons (Fsp3) is 0.333. The quantitative estimate of drug-likeness (QED) is 0.629. The summed E-state index contributed by atoms with van der Waals surface area (Å²) in [7, 11) is 0. The molecule has 0 amide bonds. The Kier molecular flexibility index (Phi) is 2.92. The molecule has 0 bridgehead atoms. The molecule has 0 saturated heterocycles. The van der Waals surface area contributed by atoms with E-state index in [1.54, 1.807) is 4.52 Å². The van der Waals surface area contributed by atoms with E-state index in [1.807, 2.05) is 6.20 Å². The zero-order valence-corrected chi connectivity index (χ0v) is 10.6. The molecule has 3 nitrogen and oxygen atoms in total. The van der Waals surface area contributed by atoms with Crippen molar-refractivity contribution in [1.29, 1.82) is 0 Å². The lowest BCUT2D eigenvalue weighted by Crippen LogP contribution is -1.91. The minimum absolute atomic E-state index is 0.525. The first-order valence-electron chi connectivity index (χ1n) is 4.27. The van der Waals surface area contributed by atoms with E-state index in [9.17, 15) is 0 Å². The van der Waals surface area contributed by atoms with Gasteiger partial charge in [-0.1, -0.05) is 34.2 Å². The average molecular weight is 322 g/mol. The van der Waals surface area contributed by atoms with E-state index < -0.39 is 0 Å². The summed E-state index contributed by atoms with van der Waals surface area (Å²) in [5.74, 6) is 0. The molecule has 2 heterocycles. The van der Waals surface area contributed by atoms with E-state index in [2.05, 4.69) is 39.6 Å². The van der Waals surface area contributed by atoms with Crippen LogP contribution in [0.25, 0.3) is 5.52 Å². The Balaban J connectivity index is 2.68. The van der Waals surface area contributed by atoms with Crippen LogP contribution in [0.4, 0.5) is 0 Å². The Morgan fingerprint density at radius 2 is 2.36 bits per heavy atom. The van der Waals surface area contributed by atoms with E-state index in [-0.39, 0.29) is 0 Å². The van der Waals surface area contributed by atoms with E-state index >= 15 is 0 Å². The second-order valence-electron chi connectivity index (χ2n) is 3.06. The Morgan fingerprint density at radius 3 is 3.00 bits per heavy atom. The molecule has 0 fully saturated rings. The van der Waals surface area contributed by atoms with Crippen molar-refractivity contribution < 1.29 is 0 Å². The molecule has 5 heteroatoms. The molecule has 2 rings (SSSR count). The maximum absolute atomic E-state index is 6.00. The highest BCUT2D eigenvalue weighted by molar-refractivity contribution is 14.1. The Morgan fingerprint density at radius 1 is 1.57 bits per heavy atom. The van der Waals surface area contributed by atoms with Crippen molar-refractivity contribution in [2.75, 3.05) is 4.43 Å². The minimum Gasteiger partial charge on any atom is -0.236 e. The largest absolute Gasteiger partial charge is 0.236 e. The molecule has 0 spiro atoms. The van der Waals surface area contributed by atoms with E-state index in [4.69, 9.17) is 11.6 Å². The Labute approximate surface area is 101 Å². The number of halogens is 2. The van der Waals surface area contributed by atoms with E-state index in [0.29, 0.717) is 5.15 Å². The van der Waals surface area contributed by atoms with Crippen LogP contribution in [0.5, 0.6) is 0 Å². The van der Waals surface area contributed by atoms with Crippen LogP contribution in [-0.4, -0.2) is 19.0 Å². The van der Waals surface area contributed by atoms with Gasteiger partial charge in [-0.15, -0.1) is 0 Å². The predicted octanol–water partition coefficient (Wildman–Crippen LogP) is 2.67. The molecular formula is C9H9ClIN3. The molecule has 0 aliphatic rings. The van der Waals surface area contributed by atoms with E-state index in [0.717, 1.165) is 16.4 Å². The summed E-state index contributed by atoms with van der Waals surface area (Å²) < 4.78 is 2.90. The van der Waals surface area contributed by atoms with Gasteiger partial charge in [-0.25, -0.2) is 9.50 Å². The number of aromatic nitrogens is 3. The number of hydrogen-bond donors (Lipinski definition) is 0. The number of nitrogens with zero attached hydrogens (tertiary/aromatic N) is 3. The van der Waals surface area contributed by atoms with Gasteiger partial charge in [0, 0.05) is 10.6 Å². The van der Waals surface area contributed by atoms with Crippen LogP contribution in [0.15, 0.2) is 12.5 Å². The molecule has 14 heavy (non-hydrogen) atoms. The number of hydrogen-bond acceptors (Lipinski definition) is 2. The smallest absolute Gasteiger partial charge is 0.156 e. The standard InChI is InChI=1S/C9H9ClIN3/c1-6-7(2-3-11)4-14-8(6)9(10)12-5-13-14/h4-5H,2-3H2,1H3. The second kappa shape index (κ2) is 4.02. The molecule has 0 aliphatic heterocycles. The average Bonchev–Trinajstić information content (AvgIpc) is 2.46. The van der Waals surface area contributed by atoms with Crippen molar-refractivity contribution in [2.45, 2.75) is 13.3 Å². The molecule has 0 radical (unpaired) electrons. The summed E-state index contributed by atoms with van der Waals surface area (Å²) in [5.41, 5.74) is 3.41. The molecule has 2 aromatic rings. The summed E-state index contributed by atoms with van der Waals surface area (Å²) in [6.45, 7) is 2.06. The zero-order valence-electron chi connectivity index (χ0n) is 7.67. The van der Waals surface area contributed by atoms with Gasteiger partial charge >= 0.3 is 0 Å². The van der Waals surface area contributed by atoms with Gasteiger partial charge in [0.25, 0.3) is 0 Å². The highest BCUT2D eigenvalue weighted by Crippen LogP contribution is 2.22. The van der Waals surface area contributed by atoms with Crippen molar-refractivity contribution in [3.63, 3.8) is 0 Å². The van der Waals surface area contributed by atoms with Gasteiger partial charge < -0.3 is 0 Å². The highest BCUT2D eigenvalue weighted by atomic mass is 127. The van der Waals surface area contributed by atoms with Crippen LogP contribution in [0, 0.1) is 6.92 Å². The van der Waals surface area contributed by atoms with Crippen LogP contribution < -0.4 is 0 Å². The topological polar surface area (TPSA) is 30.2 Å². The summed E-state index contributed by atoms with van der Waals surface area (Å²) in [6, 6.07) is 0. The monoisotopic (exact) mass is 321 g/mol. The van der Waals surface area contributed by atoms with Gasteiger partial charge in [-0.3, -0.25) is 0 Å². The van der Waals surface area contributed by atoms with Crippen LogP contribution in [0.1, 0.15) is 11.1 Å². The van der Waals surface area contributed by atoms with Gasteiger partial charge in [0.15, 0.2) is 5.15 Å². The second-order valence-corrected chi connectivity index (χ2v) is 4.50. The lowest BCUT2D eigenvalue weighted by molar-refractivity contribution is 0.897. The van der Waals surface area contributed by atoms with Crippen LogP contribution >= 0.6 is 34.2 Å². The van der Waals surface area contributed by atoms with Crippen molar-refractivity contribution >= 4 is 39.7 Å². The first-order chi connectivity index (χ1) is 6.74. The molecule has 0 saturated carbocycles. The van der Waals surface area contributed by atoms with E-state index in [1.165, 1.54) is 17.5 Å². The number of fused-ring (bicyclic) bond motifs is 1. The van der Waals surface area contributed by atoms with Crippen molar-refractivity contribution in [1.82, 2.24) is 14.6 Å². The van der Waals surface area contributed by atoms with Crippen molar-refractivity contribution in [3.05, 3.63) is 28.8 Å². The molecule has 0 atom stereocenters. The third-order valence-corrected chi connectivity index (χ3v) is 3.07. The summed E-state index contributed by atoms with van der Waals surface area (Å²) in [6.07, 6.45) is 4.55. The molecule has 0 aromatic carbocycles. The van der Waals surface area contributed by atoms with Gasteiger partial charge in [-0.2, -0.15) is 5.10 Å². The first-order valence-corrected chi connectivity index (χ1v) is 6.17. The van der Waals surface area contributed by atoms with Gasteiger partial charge in [0.1, 0.15) is 11.8 Å². The van der Waals surface area contributed by atoms with Crippen molar-refractivity contribution in [2.24, 2.45) is 0 Å². The third-order valence-electron chi connectivity index (χ3n) is 2.25. The molecule has 74 valence electrons. The summed E-state index contributed by atoms with van der Waals surface area (Å²) in [4.78, 5) is 3.97. The third kappa shape index (κ3) is 1.61. The summed E-state index contributed by atoms with van der Waals surface area (Å²) >= 11 is 8.36.